The minimum absolute atomic E-state index is 0.116. The van der Waals surface area contributed by atoms with Gasteiger partial charge >= 0.3 is 12.0 Å². The highest BCUT2D eigenvalue weighted by Crippen LogP contribution is 2.37. The van der Waals surface area contributed by atoms with Crippen LogP contribution >= 0.6 is 22.9 Å². The number of benzene rings is 1. The van der Waals surface area contributed by atoms with E-state index >= 15 is 0 Å². The van der Waals surface area contributed by atoms with Crippen LogP contribution in [-0.2, 0) is 9.53 Å². The van der Waals surface area contributed by atoms with Crippen molar-refractivity contribution in [2.24, 2.45) is 4.99 Å². The molecule has 0 aliphatic carbocycles. The summed E-state index contributed by atoms with van der Waals surface area (Å²) >= 11 is 7.70. The number of amidine groups is 1. The standard InChI is InChI=1S/C25H26ClF3N6O3S/c1-2-38-24(36)19-17(12-33-7-8-35-14(10-33)11-34(25(35)37)13-18(28)29)31-22(23-30-6-9-39-23)32-21(19)15-4-3-5-16(27)20(15)26/h3-6,9,14,18,21H,2,7-8,10-13H2,1H3,(H,31,32)/t14-,21+/m1/s1. The molecular weight excluding hydrogens is 557 g/mol. The van der Waals surface area contributed by atoms with Crippen molar-refractivity contribution in [3.8, 4) is 0 Å². The van der Waals surface area contributed by atoms with E-state index < -0.39 is 30.8 Å². The molecule has 2 amide bonds. The third kappa shape index (κ3) is 5.61. The van der Waals surface area contributed by atoms with Crippen LogP contribution in [0.5, 0.6) is 0 Å². The molecule has 0 spiro atoms. The first-order valence-corrected chi connectivity index (χ1v) is 13.7. The van der Waals surface area contributed by atoms with Crippen molar-refractivity contribution in [3.05, 3.63) is 62.5 Å². The number of halogens is 4. The van der Waals surface area contributed by atoms with Crippen molar-refractivity contribution in [2.75, 3.05) is 45.9 Å². The van der Waals surface area contributed by atoms with Gasteiger partial charge in [-0.15, -0.1) is 11.3 Å². The number of urea groups is 1. The number of carbonyl (C=O) groups is 2. The Morgan fingerprint density at radius 1 is 1.31 bits per heavy atom. The number of aromatic nitrogens is 1. The monoisotopic (exact) mass is 582 g/mol. The van der Waals surface area contributed by atoms with Gasteiger partial charge in [0.2, 0.25) is 0 Å². The highest BCUT2D eigenvalue weighted by molar-refractivity contribution is 7.11. The fourth-order valence-corrected chi connectivity index (χ4v) is 5.92. The first-order chi connectivity index (χ1) is 18.8. The molecular formula is C25H26ClF3N6O3S. The van der Waals surface area contributed by atoms with E-state index in [0.717, 1.165) is 0 Å². The normalized spacial score (nSPS) is 21.8. The van der Waals surface area contributed by atoms with Crippen molar-refractivity contribution >= 4 is 40.8 Å². The third-order valence-electron chi connectivity index (χ3n) is 6.79. The Kier molecular flexibility index (Phi) is 8.10. The molecule has 0 bridgehead atoms. The molecule has 4 heterocycles. The van der Waals surface area contributed by atoms with Gasteiger partial charge in [0.1, 0.15) is 11.9 Å². The lowest BCUT2D eigenvalue weighted by molar-refractivity contribution is -0.139. The average molecular weight is 583 g/mol. The van der Waals surface area contributed by atoms with E-state index in [2.05, 4.69) is 10.3 Å². The zero-order valence-electron chi connectivity index (χ0n) is 20.9. The lowest BCUT2D eigenvalue weighted by Gasteiger charge is -2.38. The minimum atomic E-state index is -2.61. The fraction of sp³-hybridized carbons (Fsp3) is 0.440. The number of carbonyl (C=O) groups excluding carboxylic acids is 2. The van der Waals surface area contributed by atoms with Crippen LogP contribution in [0.25, 0.3) is 0 Å². The number of fused-ring (bicyclic) bond motifs is 1. The Morgan fingerprint density at radius 2 is 2.13 bits per heavy atom. The average Bonchev–Trinajstić information content (AvgIpc) is 3.54. The highest BCUT2D eigenvalue weighted by atomic mass is 35.5. The number of rotatable bonds is 8. The number of nitrogens with zero attached hydrogens (tertiary/aromatic N) is 5. The molecule has 2 aromatic rings. The number of aliphatic imine (C=N–C) groups is 1. The zero-order valence-corrected chi connectivity index (χ0v) is 22.5. The summed E-state index contributed by atoms with van der Waals surface area (Å²) in [5.41, 5.74) is 0.983. The van der Waals surface area contributed by atoms with E-state index in [1.54, 1.807) is 29.5 Å². The van der Waals surface area contributed by atoms with Gasteiger partial charge in [0.25, 0.3) is 6.43 Å². The summed E-state index contributed by atoms with van der Waals surface area (Å²) in [7, 11) is 0. The number of piperazine rings is 1. The molecule has 2 fully saturated rings. The van der Waals surface area contributed by atoms with Crippen LogP contribution in [0.4, 0.5) is 18.0 Å². The molecule has 5 rings (SSSR count). The zero-order chi connectivity index (χ0) is 27.7. The number of amides is 2. The highest BCUT2D eigenvalue weighted by Gasteiger charge is 2.42. The molecule has 1 aromatic heterocycles. The molecule has 14 heteroatoms. The van der Waals surface area contributed by atoms with Crippen LogP contribution in [-0.4, -0.2) is 95.9 Å². The molecule has 0 unspecified atom stereocenters. The smallest absolute Gasteiger partial charge is 0.338 e. The molecule has 1 aromatic carbocycles. The molecule has 2 saturated heterocycles. The van der Waals surface area contributed by atoms with Gasteiger partial charge in [0.05, 0.1) is 29.8 Å². The van der Waals surface area contributed by atoms with Gasteiger partial charge in [0, 0.05) is 55.6 Å². The SMILES string of the molecule is CCOC(=O)C1=C(CN2CCN3C(=O)N(CC(F)F)C[C@H]3C2)NC(c2nccs2)=N[C@H]1c1cccc(F)c1Cl. The lowest BCUT2D eigenvalue weighted by atomic mass is 9.95. The number of ether oxygens (including phenoxy) is 1. The Balaban J connectivity index is 1.49. The van der Waals surface area contributed by atoms with Crippen molar-refractivity contribution in [2.45, 2.75) is 25.4 Å². The number of thiazole rings is 1. The molecule has 3 aliphatic rings. The maximum absolute atomic E-state index is 14.5. The van der Waals surface area contributed by atoms with Gasteiger partial charge in [0.15, 0.2) is 10.8 Å². The van der Waals surface area contributed by atoms with Crippen LogP contribution in [0.3, 0.4) is 0 Å². The largest absolute Gasteiger partial charge is 0.463 e. The first kappa shape index (κ1) is 27.4. The van der Waals surface area contributed by atoms with Gasteiger partial charge in [-0.3, -0.25) is 9.89 Å². The van der Waals surface area contributed by atoms with Gasteiger partial charge < -0.3 is 19.9 Å². The number of hydrogen-bond acceptors (Lipinski definition) is 8. The quantitative estimate of drug-likeness (QED) is 0.479. The van der Waals surface area contributed by atoms with Crippen LogP contribution in [0, 0.1) is 5.82 Å². The van der Waals surface area contributed by atoms with E-state index in [4.69, 9.17) is 21.3 Å². The molecule has 1 N–H and O–H groups in total. The van der Waals surface area contributed by atoms with Crippen LogP contribution in [0.1, 0.15) is 23.5 Å². The Labute approximate surface area is 231 Å². The molecule has 39 heavy (non-hydrogen) atoms. The second kappa shape index (κ2) is 11.5. The fourth-order valence-electron chi connectivity index (χ4n) is 5.10. The molecule has 0 saturated carbocycles. The minimum Gasteiger partial charge on any atom is -0.463 e. The number of hydrogen-bond donors (Lipinski definition) is 1. The van der Waals surface area contributed by atoms with Crippen molar-refractivity contribution in [1.82, 2.24) is 25.0 Å². The molecule has 3 aliphatic heterocycles. The molecule has 208 valence electrons. The van der Waals surface area contributed by atoms with Gasteiger partial charge in [-0.25, -0.2) is 27.7 Å². The van der Waals surface area contributed by atoms with E-state index in [0.29, 0.717) is 41.7 Å². The summed E-state index contributed by atoms with van der Waals surface area (Å²) < 4.78 is 45.8. The van der Waals surface area contributed by atoms with Crippen LogP contribution < -0.4 is 5.32 Å². The Bertz CT molecular complexity index is 1310. The number of nitrogens with one attached hydrogen (secondary N) is 1. The van der Waals surface area contributed by atoms with Crippen molar-refractivity contribution in [3.63, 3.8) is 0 Å². The van der Waals surface area contributed by atoms with E-state index in [-0.39, 0.29) is 42.4 Å². The van der Waals surface area contributed by atoms with E-state index in [1.807, 2.05) is 4.90 Å². The van der Waals surface area contributed by atoms with Crippen molar-refractivity contribution < 1.29 is 27.5 Å². The maximum atomic E-state index is 14.5. The molecule has 9 nitrogen and oxygen atoms in total. The number of alkyl halides is 2. The topological polar surface area (TPSA) is 90.4 Å². The summed E-state index contributed by atoms with van der Waals surface area (Å²) in [6.45, 7) is 2.88. The predicted octanol–water partition coefficient (Wildman–Crippen LogP) is 3.53. The van der Waals surface area contributed by atoms with Gasteiger partial charge in [-0.05, 0) is 13.0 Å². The van der Waals surface area contributed by atoms with Crippen LogP contribution in [0.15, 0.2) is 46.0 Å². The summed E-state index contributed by atoms with van der Waals surface area (Å²) in [6.07, 6.45) is -0.981. The Morgan fingerprint density at radius 3 is 2.85 bits per heavy atom. The van der Waals surface area contributed by atoms with E-state index in [1.165, 1.54) is 28.4 Å². The number of esters is 1. The lowest BCUT2D eigenvalue weighted by Crippen LogP contribution is -2.53. The summed E-state index contributed by atoms with van der Waals surface area (Å²) in [5.74, 6) is -0.861. The third-order valence-corrected chi connectivity index (χ3v) is 7.97. The predicted molar refractivity (Wildman–Crippen MR) is 140 cm³/mol. The first-order valence-electron chi connectivity index (χ1n) is 12.4. The Hall–Kier alpha value is -3.16. The van der Waals surface area contributed by atoms with E-state index in [9.17, 15) is 22.8 Å². The summed E-state index contributed by atoms with van der Waals surface area (Å²) in [6, 6.07) is 2.73. The van der Waals surface area contributed by atoms with Crippen LogP contribution in [0.2, 0.25) is 5.02 Å². The van der Waals surface area contributed by atoms with Gasteiger partial charge in [-0.1, -0.05) is 23.7 Å². The maximum Gasteiger partial charge on any atom is 0.338 e. The summed E-state index contributed by atoms with van der Waals surface area (Å²) in [4.78, 5) is 39.8. The second-order valence-electron chi connectivity index (χ2n) is 9.26. The summed E-state index contributed by atoms with van der Waals surface area (Å²) in [5, 5.41) is 5.45. The molecule has 0 radical (unpaired) electrons. The van der Waals surface area contributed by atoms with Gasteiger partial charge in [-0.2, -0.15) is 0 Å². The second-order valence-corrected chi connectivity index (χ2v) is 10.5. The van der Waals surface area contributed by atoms with Crippen molar-refractivity contribution in [1.29, 1.82) is 0 Å². The molecule has 2 atom stereocenters.